The molecule has 0 amide bonds. The molecule has 0 spiro atoms. The molecule has 0 aliphatic carbocycles. The molecule has 88 valence electrons. The summed E-state index contributed by atoms with van der Waals surface area (Å²) in [4.78, 5) is 9.53. The summed E-state index contributed by atoms with van der Waals surface area (Å²) in [5, 5.41) is 0.743. The Bertz CT molecular complexity index is 471. The minimum atomic E-state index is -0.209. The van der Waals surface area contributed by atoms with Gasteiger partial charge in [-0.3, -0.25) is 0 Å². The zero-order chi connectivity index (χ0) is 12.1. The van der Waals surface area contributed by atoms with Crippen molar-refractivity contribution in [2.75, 3.05) is 6.26 Å². The van der Waals surface area contributed by atoms with Gasteiger partial charge >= 0.3 is 0 Å². The normalized spacial score (nSPS) is 10.5. The highest BCUT2D eigenvalue weighted by Gasteiger charge is 2.00. The quantitative estimate of drug-likeness (QED) is 0.623. The first kappa shape index (κ1) is 12.4. The second-order valence-electron chi connectivity index (χ2n) is 3.32. The van der Waals surface area contributed by atoms with E-state index in [1.807, 2.05) is 18.6 Å². The van der Waals surface area contributed by atoms with Gasteiger partial charge in [-0.15, -0.1) is 11.8 Å². The molecular formula is C12H11FN2S2. The number of hydrogen-bond donors (Lipinski definition) is 0. The fourth-order valence-electron chi connectivity index (χ4n) is 1.21. The monoisotopic (exact) mass is 266 g/mol. The zero-order valence-electron chi connectivity index (χ0n) is 9.26. The van der Waals surface area contributed by atoms with Gasteiger partial charge in [0.1, 0.15) is 5.82 Å². The van der Waals surface area contributed by atoms with Crippen LogP contribution in [0.1, 0.15) is 5.56 Å². The van der Waals surface area contributed by atoms with E-state index in [0.29, 0.717) is 0 Å². The Hall–Kier alpha value is -1.07. The first-order valence-electron chi connectivity index (χ1n) is 5.01. The van der Waals surface area contributed by atoms with E-state index in [-0.39, 0.29) is 5.82 Å². The van der Waals surface area contributed by atoms with Crippen molar-refractivity contribution in [3.05, 3.63) is 48.0 Å². The third-order valence-electron chi connectivity index (χ3n) is 2.12. The molecule has 0 N–H and O–H groups in total. The minimum Gasteiger partial charge on any atom is -0.230 e. The van der Waals surface area contributed by atoms with Crippen molar-refractivity contribution in [1.29, 1.82) is 0 Å². The lowest BCUT2D eigenvalue weighted by Crippen LogP contribution is -1.87. The summed E-state index contributed by atoms with van der Waals surface area (Å²) in [5.74, 6) is 0.540. The summed E-state index contributed by atoms with van der Waals surface area (Å²) in [6.07, 6.45) is 5.61. The second-order valence-corrected chi connectivity index (χ2v) is 5.14. The van der Waals surface area contributed by atoms with Crippen molar-refractivity contribution >= 4 is 23.5 Å². The highest BCUT2D eigenvalue weighted by Crippen LogP contribution is 2.20. The lowest BCUT2D eigenvalue weighted by molar-refractivity contribution is 0.627. The van der Waals surface area contributed by atoms with E-state index >= 15 is 0 Å². The van der Waals surface area contributed by atoms with E-state index in [1.165, 1.54) is 12.1 Å². The minimum absolute atomic E-state index is 0.209. The number of thioether (sulfide) groups is 2. The van der Waals surface area contributed by atoms with Gasteiger partial charge in [0.15, 0.2) is 5.16 Å². The third-order valence-corrected chi connectivity index (χ3v) is 3.75. The number of halogens is 1. The smallest absolute Gasteiger partial charge is 0.187 e. The summed E-state index contributed by atoms with van der Waals surface area (Å²) in [5.41, 5.74) is 1.06. The summed E-state index contributed by atoms with van der Waals surface area (Å²) < 4.78 is 12.7. The Labute approximate surface area is 108 Å². The number of benzene rings is 1. The van der Waals surface area contributed by atoms with Gasteiger partial charge in [-0.2, -0.15) is 0 Å². The predicted octanol–water partition coefficient (Wildman–Crippen LogP) is 3.63. The number of nitrogens with zero attached hydrogens (tertiary/aromatic N) is 2. The molecule has 2 rings (SSSR count). The van der Waals surface area contributed by atoms with Gasteiger partial charge in [-0.1, -0.05) is 23.9 Å². The fraction of sp³-hybridized carbons (Fsp3) is 0.167. The Balaban J connectivity index is 1.95. The lowest BCUT2D eigenvalue weighted by Gasteiger charge is -2.01. The third kappa shape index (κ3) is 3.71. The maximum Gasteiger partial charge on any atom is 0.187 e. The van der Waals surface area contributed by atoms with Gasteiger partial charge in [0.2, 0.25) is 0 Å². The lowest BCUT2D eigenvalue weighted by atomic mass is 10.2. The van der Waals surface area contributed by atoms with Crippen LogP contribution >= 0.6 is 23.5 Å². The van der Waals surface area contributed by atoms with Crippen LogP contribution in [-0.4, -0.2) is 16.2 Å². The van der Waals surface area contributed by atoms with Crippen LogP contribution in [0.2, 0.25) is 0 Å². The molecule has 17 heavy (non-hydrogen) atoms. The van der Waals surface area contributed by atoms with Crippen molar-refractivity contribution in [2.45, 2.75) is 15.8 Å². The van der Waals surface area contributed by atoms with Crippen LogP contribution in [0.15, 0.2) is 46.7 Å². The van der Waals surface area contributed by atoms with Crippen LogP contribution in [-0.2, 0) is 5.75 Å². The van der Waals surface area contributed by atoms with E-state index in [4.69, 9.17) is 0 Å². The number of aromatic nitrogens is 2. The molecule has 1 aromatic heterocycles. The van der Waals surface area contributed by atoms with Gasteiger partial charge in [0, 0.05) is 23.0 Å². The average Bonchev–Trinajstić information content (AvgIpc) is 2.39. The van der Waals surface area contributed by atoms with Gasteiger partial charge in [0.25, 0.3) is 0 Å². The van der Waals surface area contributed by atoms with Crippen LogP contribution < -0.4 is 0 Å². The predicted molar refractivity (Wildman–Crippen MR) is 69.8 cm³/mol. The molecule has 0 saturated carbocycles. The Morgan fingerprint density at radius 2 is 1.76 bits per heavy atom. The Kier molecular flexibility index (Phi) is 4.39. The zero-order valence-corrected chi connectivity index (χ0v) is 10.9. The van der Waals surface area contributed by atoms with E-state index in [2.05, 4.69) is 9.97 Å². The van der Waals surface area contributed by atoms with Gasteiger partial charge in [-0.25, -0.2) is 14.4 Å². The molecule has 1 aromatic carbocycles. The van der Waals surface area contributed by atoms with Gasteiger partial charge in [-0.05, 0) is 24.0 Å². The molecule has 2 nitrogen and oxygen atoms in total. The van der Waals surface area contributed by atoms with Crippen LogP contribution in [0.3, 0.4) is 0 Å². The highest BCUT2D eigenvalue weighted by molar-refractivity contribution is 7.98. The maximum atomic E-state index is 12.7. The first-order valence-corrected chi connectivity index (χ1v) is 7.22. The largest absolute Gasteiger partial charge is 0.230 e. The second kappa shape index (κ2) is 6.02. The highest BCUT2D eigenvalue weighted by atomic mass is 32.2. The van der Waals surface area contributed by atoms with E-state index < -0.39 is 0 Å². The van der Waals surface area contributed by atoms with Crippen LogP contribution in [0.4, 0.5) is 4.39 Å². The topological polar surface area (TPSA) is 25.8 Å². The van der Waals surface area contributed by atoms with Crippen molar-refractivity contribution in [3.8, 4) is 0 Å². The van der Waals surface area contributed by atoms with Gasteiger partial charge in [0.05, 0.1) is 0 Å². The molecule has 2 aromatic rings. The van der Waals surface area contributed by atoms with Crippen molar-refractivity contribution in [3.63, 3.8) is 0 Å². The summed E-state index contributed by atoms with van der Waals surface area (Å²) in [6, 6.07) is 6.48. The molecule has 0 fully saturated rings. The van der Waals surface area contributed by atoms with E-state index in [1.54, 1.807) is 35.7 Å². The van der Waals surface area contributed by atoms with Crippen LogP contribution in [0.25, 0.3) is 0 Å². The first-order chi connectivity index (χ1) is 8.28. The van der Waals surface area contributed by atoms with Crippen molar-refractivity contribution < 1.29 is 4.39 Å². The number of rotatable bonds is 4. The van der Waals surface area contributed by atoms with Crippen LogP contribution in [0, 0.1) is 5.82 Å². The summed E-state index contributed by atoms with van der Waals surface area (Å²) in [6.45, 7) is 0. The molecule has 0 aliphatic rings. The van der Waals surface area contributed by atoms with E-state index in [9.17, 15) is 4.39 Å². The SMILES string of the molecule is CSc1cnc(SCc2ccc(F)cc2)nc1. The molecule has 0 atom stereocenters. The standard InChI is InChI=1S/C12H11FN2S2/c1-16-11-6-14-12(15-7-11)17-8-9-2-4-10(13)5-3-9/h2-7H,8H2,1H3. The molecule has 0 saturated heterocycles. The molecule has 0 unspecified atom stereocenters. The van der Waals surface area contributed by atoms with Crippen molar-refractivity contribution in [1.82, 2.24) is 9.97 Å². The van der Waals surface area contributed by atoms with E-state index in [0.717, 1.165) is 21.4 Å². The molecule has 5 heteroatoms. The van der Waals surface area contributed by atoms with Crippen molar-refractivity contribution in [2.24, 2.45) is 0 Å². The molecular weight excluding hydrogens is 255 g/mol. The molecule has 0 bridgehead atoms. The molecule has 1 heterocycles. The Morgan fingerprint density at radius 3 is 2.35 bits per heavy atom. The average molecular weight is 266 g/mol. The maximum absolute atomic E-state index is 12.7. The van der Waals surface area contributed by atoms with Gasteiger partial charge < -0.3 is 0 Å². The fourth-order valence-corrected chi connectivity index (χ4v) is 2.27. The summed E-state index contributed by atoms with van der Waals surface area (Å²) >= 11 is 3.16. The summed E-state index contributed by atoms with van der Waals surface area (Å²) in [7, 11) is 0. The Morgan fingerprint density at radius 1 is 1.12 bits per heavy atom. The number of hydrogen-bond acceptors (Lipinski definition) is 4. The molecule has 0 aliphatic heterocycles. The molecule has 0 radical (unpaired) electrons. The van der Waals surface area contributed by atoms with Crippen LogP contribution in [0.5, 0.6) is 0 Å².